The molecule has 2 rings (SSSR count). The summed E-state index contributed by atoms with van der Waals surface area (Å²) in [6.45, 7) is 0. The summed E-state index contributed by atoms with van der Waals surface area (Å²) in [5, 5.41) is 0. The predicted molar refractivity (Wildman–Crippen MR) is 79.3 cm³/mol. The van der Waals surface area contributed by atoms with Crippen LogP contribution < -0.4 is 5.73 Å². The van der Waals surface area contributed by atoms with Gasteiger partial charge in [-0.3, -0.25) is 0 Å². The molecular weight excluding hydrogens is 377 g/mol. The standard InChI is InChI=1S/C13H11BrIN/c14-10-6-7-12(15)11(8-10)13(16)9-4-2-1-3-5-9/h1-8,13H,16H2. The molecule has 0 fully saturated rings. The lowest BCUT2D eigenvalue weighted by Crippen LogP contribution is -2.13. The number of hydrogen-bond donors (Lipinski definition) is 1. The molecule has 2 aromatic rings. The molecule has 0 heterocycles. The van der Waals surface area contributed by atoms with Crippen LogP contribution in [0.15, 0.2) is 53.0 Å². The van der Waals surface area contributed by atoms with Gasteiger partial charge in [0.1, 0.15) is 0 Å². The van der Waals surface area contributed by atoms with Gasteiger partial charge in [-0.15, -0.1) is 0 Å². The third-order valence-electron chi connectivity index (χ3n) is 2.45. The molecule has 0 spiro atoms. The topological polar surface area (TPSA) is 26.0 Å². The zero-order valence-corrected chi connectivity index (χ0v) is 12.3. The maximum atomic E-state index is 6.26. The van der Waals surface area contributed by atoms with E-state index in [4.69, 9.17) is 5.73 Å². The van der Waals surface area contributed by atoms with Gasteiger partial charge in [0.2, 0.25) is 0 Å². The third-order valence-corrected chi connectivity index (χ3v) is 3.93. The Morgan fingerprint density at radius 2 is 1.75 bits per heavy atom. The molecule has 0 radical (unpaired) electrons. The van der Waals surface area contributed by atoms with Crippen LogP contribution in [0.25, 0.3) is 0 Å². The highest BCUT2D eigenvalue weighted by Gasteiger charge is 2.11. The second-order valence-electron chi connectivity index (χ2n) is 3.55. The minimum Gasteiger partial charge on any atom is -0.320 e. The van der Waals surface area contributed by atoms with Crippen molar-refractivity contribution < 1.29 is 0 Å². The van der Waals surface area contributed by atoms with Gasteiger partial charge in [0, 0.05) is 8.04 Å². The predicted octanol–water partition coefficient (Wildman–Crippen LogP) is 4.10. The molecule has 16 heavy (non-hydrogen) atoms. The van der Waals surface area contributed by atoms with Crippen molar-refractivity contribution in [1.29, 1.82) is 0 Å². The van der Waals surface area contributed by atoms with Gasteiger partial charge < -0.3 is 5.73 Å². The highest BCUT2D eigenvalue weighted by molar-refractivity contribution is 14.1. The van der Waals surface area contributed by atoms with Crippen LogP contribution in [0.4, 0.5) is 0 Å². The van der Waals surface area contributed by atoms with E-state index in [0.717, 1.165) is 15.6 Å². The highest BCUT2D eigenvalue weighted by Crippen LogP contribution is 2.26. The van der Waals surface area contributed by atoms with Gasteiger partial charge in [-0.2, -0.15) is 0 Å². The van der Waals surface area contributed by atoms with Crippen molar-refractivity contribution in [3.05, 3.63) is 67.7 Å². The summed E-state index contributed by atoms with van der Waals surface area (Å²) in [6, 6.07) is 16.3. The molecule has 0 bridgehead atoms. The van der Waals surface area contributed by atoms with E-state index in [9.17, 15) is 0 Å². The molecule has 1 atom stereocenters. The Morgan fingerprint density at radius 1 is 1.06 bits per heavy atom. The molecule has 2 N–H and O–H groups in total. The van der Waals surface area contributed by atoms with Gasteiger partial charge in [0.15, 0.2) is 0 Å². The normalized spacial score (nSPS) is 12.4. The molecule has 0 aromatic heterocycles. The Balaban J connectivity index is 2.41. The summed E-state index contributed by atoms with van der Waals surface area (Å²) < 4.78 is 2.26. The Morgan fingerprint density at radius 3 is 2.44 bits per heavy atom. The van der Waals surface area contributed by atoms with Crippen molar-refractivity contribution in [2.75, 3.05) is 0 Å². The SMILES string of the molecule is NC(c1ccccc1)c1cc(Br)ccc1I. The molecule has 0 aliphatic rings. The van der Waals surface area contributed by atoms with E-state index in [1.54, 1.807) is 0 Å². The first-order valence-corrected chi connectivity index (χ1v) is 6.81. The molecule has 1 unspecified atom stereocenters. The average molecular weight is 388 g/mol. The lowest BCUT2D eigenvalue weighted by atomic mass is 10.00. The third kappa shape index (κ3) is 2.64. The van der Waals surface area contributed by atoms with E-state index in [-0.39, 0.29) is 6.04 Å². The fourth-order valence-corrected chi connectivity index (χ4v) is 2.64. The number of rotatable bonds is 2. The summed E-state index contributed by atoms with van der Waals surface area (Å²) in [6.07, 6.45) is 0. The van der Waals surface area contributed by atoms with E-state index in [2.05, 4.69) is 62.8 Å². The van der Waals surface area contributed by atoms with Crippen LogP contribution >= 0.6 is 38.5 Å². The maximum absolute atomic E-state index is 6.26. The Bertz CT molecular complexity index is 485. The minimum absolute atomic E-state index is 0.0643. The first-order chi connectivity index (χ1) is 7.68. The van der Waals surface area contributed by atoms with Crippen LogP contribution in [0, 0.1) is 3.57 Å². The number of halogens is 2. The smallest absolute Gasteiger partial charge is 0.0562 e. The van der Waals surface area contributed by atoms with Crippen molar-refractivity contribution in [1.82, 2.24) is 0 Å². The van der Waals surface area contributed by atoms with Crippen molar-refractivity contribution in [2.45, 2.75) is 6.04 Å². The van der Waals surface area contributed by atoms with Crippen molar-refractivity contribution in [2.24, 2.45) is 5.73 Å². The number of hydrogen-bond acceptors (Lipinski definition) is 1. The molecule has 82 valence electrons. The first kappa shape index (κ1) is 12.1. The van der Waals surface area contributed by atoms with Gasteiger partial charge in [-0.1, -0.05) is 46.3 Å². The molecule has 0 amide bonds. The zero-order chi connectivity index (χ0) is 11.5. The van der Waals surface area contributed by atoms with E-state index in [1.165, 1.54) is 3.57 Å². The van der Waals surface area contributed by atoms with Gasteiger partial charge in [0.25, 0.3) is 0 Å². The summed E-state index contributed by atoms with van der Waals surface area (Å²) >= 11 is 5.80. The Hall–Kier alpha value is -0.390. The largest absolute Gasteiger partial charge is 0.320 e. The van der Waals surface area contributed by atoms with Crippen molar-refractivity contribution in [3.8, 4) is 0 Å². The summed E-state index contributed by atoms with van der Waals surface area (Å²) in [4.78, 5) is 0. The van der Waals surface area contributed by atoms with Gasteiger partial charge in [-0.05, 0) is 51.9 Å². The second kappa shape index (κ2) is 5.29. The van der Waals surface area contributed by atoms with Crippen LogP contribution in [-0.4, -0.2) is 0 Å². The number of nitrogens with two attached hydrogens (primary N) is 1. The van der Waals surface area contributed by atoms with E-state index < -0.39 is 0 Å². The lowest BCUT2D eigenvalue weighted by Gasteiger charge is -2.14. The van der Waals surface area contributed by atoms with Crippen LogP contribution in [0.3, 0.4) is 0 Å². The van der Waals surface area contributed by atoms with E-state index in [0.29, 0.717) is 0 Å². The van der Waals surface area contributed by atoms with Gasteiger partial charge >= 0.3 is 0 Å². The highest BCUT2D eigenvalue weighted by atomic mass is 127. The molecule has 0 aliphatic heterocycles. The first-order valence-electron chi connectivity index (χ1n) is 4.94. The fourth-order valence-electron chi connectivity index (χ4n) is 1.59. The maximum Gasteiger partial charge on any atom is 0.0562 e. The van der Waals surface area contributed by atoms with Gasteiger partial charge in [-0.25, -0.2) is 0 Å². The summed E-state index contributed by atoms with van der Waals surface area (Å²) in [5.74, 6) is 0. The minimum atomic E-state index is -0.0643. The lowest BCUT2D eigenvalue weighted by molar-refractivity contribution is 0.864. The van der Waals surface area contributed by atoms with Crippen LogP contribution in [0.1, 0.15) is 17.2 Å². The molecule has 2 aromatic carbocycles. The molecule has 0 aliphatic carbocycles. The quantitative estimate of drug-likeness (QED) is 0.771. The average Bonchev–Trinajstić information content (AvgIpc) is 2.32. The number of benzene rings is 2. The van der Waals surface area contributed by atoms with Gasteiger partial charge in [0.05, 0.1) is 6.04 Å². The van der Waals surface area contributed by atoms with Crippen molar-refractivity contribution in [3.63, 3.8) is 0 Å². The molecule has 1 nitrogen and oxygen atoms in total. The van der Waals surface area contributed by atoms with Crippen molar-refractivity contribution >= 4 is 38.5 Å². The fraction of sp³-hybridized carbons (Fsp3) is 0.0769. The zero-order valence-electron chi connectivity index (χ0n) is 8.53. The van der Waals surface area contributed by atoms with Crippen LogP contribution in [0.2, 0.25) is 0 Å². The monoisotopic (exact) mass is 387 g/mol. The van der Waals surface area contributed by atoms with Crippen LogP contribution in [-0.2, 0) is 0 Å². The summed E-state index contributed by atoms with van der Waals surface area (Å²) in [5.41, 5.74) is 8.55. The molecular formula is C13H11BrIN. The molecule has 0 saturated heterocycles. The Labute approximate surface area is 117 Å². The van der Waals surface area contributed by atoms with E-state index >= 15 is 0 Å². The Kier molecular flexibility index (Phi) is 4.00. The van der Waals surface area contributed by atoms with E-state index in [1.807, 2.05) is 24.3 Å². The second-order valence-corrected chi connectivity index (χ2v) is 5.63. The molecule has 3 heteroatoms. The van der Waals surface area contributed by atoms with Crippen LogP contribution in [0.5, 0.6) is 0 Å². The molecule has 0 saturated carbocycles. The summed E-state index contributed by atoms with van der Waals surface area (Å²) in [7, 11) is 0.